The second-order valence-electron chi connectivity index (χ2n) is 10.6. The van der Waals surface area contributed by atoms with Crippen LogP contribution >= 0.6 is 0 Å². The van der Waals surface area contributed by atoms with E-state index in [9.17, 15) is 29.0 Å². The standard InChI is InChI=1S/C25H33FO6/c1-5-20(31)32-25(19(30)12-27)13(2)10-16-14-6-7-15-22(26)17(28)8-9-23(15,3)21(14)18(29)11-24(16,25)4/h8-9,13-14,16,18,21,27,29H,5-7,10-12H2,1-4H3/t13-,14-,16-,18-,21+,23-,24-,25-/m0/s1. The maximum absolute atomic E-state index is 14.8. The molecular weight excluding hydrogens is 415 g/mol. The molecule has 2 N–H and O–H groups in total. The summed E-state index contributed by atoms with van der Waals surface area (Å²) >= 11 is 0. The van der Waals surface area contributed by atoms with E-state index in [0.717, 1.165) is 0 Å². The van der Waals surface area contributed by atoms with Gasteiger partial charge in [0.25, 0.3) is 0 Å². The van der Waals surface area contributed by atoms with Crippen LogP contribution in [-0.4, -0.2) is 46.1 Å². The third-order valence-electron chi connectivity index (χ3n) is 9.25. The number of carbonyl (C=O) groups is 3. The minimum absolute atomic E-state index is 0.0423. The number of hydrogen-bond acceptors (Lipinski definition) is 6. The van der Waals surface area contributed by atoms with E-state index in [1.165, 1.54) is 6.08 Å². The lowest BCUT2D eigenvalue weighted by Gasteiger charge is -2.60. The smallest absolute Gasteiger partial charge is 0.306 e. The Bertz CT molecular complexity index is 923. The fourth-order valence-corrected chi connectivity index (χ4v) is 7.96. The van der Waals surface area contributed by atoms with Crippen LogP contribution < -0.4 is 0 Å². The zero-order valence-corrected chi connectivity index (χ0v) is 19.2. The number of allylic oxidation sites excluding steroid dienone is 4. The number of aliphatic hydroxyl groups excluding tert-OH is 2. The molecule has 0 aliphatic heterocycles. The monoisotopic (exact) mass is 448 g/mol. The van der Waals surface area contributed by atoms with Crippen molar-refractivity contribution in [3.05, 3.63) is 23.6 Å². The lowest BCUT2D eigenvalue weighted by Crippen LogP contribution is -2.64. The Morgan fingerprint density at radius 3 is 2.62 bits per heavy atom. The van der Waals surface area contributed by atoms with Gasteiger partial charge in [0.1, 0.15) is 6.61 Å². The molecule has 0 amide bonds. The van der Waals surface area contributed by atoms with Gasteiger partial charge in [-0.3, -0.25) is 14.4 Å². The number of halogens is 1. The number of fused-ring (bicyclic) bond motifs is 5. The van der Waals surface area contributed by atoms with Crippen molar-refractivity contribution in [1.82, 2.24) is 0 Å². The lowest BCUT2D eigenvalue weighted by atomic mass is 9.46. The summed E-state index contributed by atoms with van der Waals surface area (Å²) in [5, 5.41) is 21.3. The van der Waals surface area contributed by atoms with E-state index >= 15 is 0 Å². The molecule has 0 aromatic carbocycles. The lowest BCUT2D eigenvalue weighted by molar-refractivity contribution is -0.205. The first kappa shape index (κ1) is 23.3. The summed E-state index contributed by atoms with van der Waals surface area (Å²) in [6, 6.07) is 0. The number of ketones is 2. The Kier molecular flexibility index (Phi) is 5.53. The highest BCUT2D eigenvalue weighted by molar-refractivity contribution is 6.04. The minimum atomic E-state index is -1.51. The van der Waals surface area contributed by atoms with E-state index in [-0.39, 0.29) is 36.5 Å². The molecule has 0 aromatic rings. The van der Waals surface area contributed by atoms with E-state index in [1.807, 2.05) is 20.8 Å². The summed E-state index contributed by atoms with van der Waals surface area (Å²) < 4.78 is 20.7. The fraction of sp³-hybridized carbons (Fsp3) is 0.720. The van der Waals surface area contributed by atoms with Gasteiger partial charge in [-0.2, -0.15) is 0 Å². The Hall–Kier alpha value is -1.86. The number of rotatable bonds is 4. The molecule has 4 aliphatic carbocycles. The third-order valence-corrected chi connectivity index (χ3v) is 9.25. The van der Waals surface area contributed by atoms with Crippen molar-refractivity contribution in [3.8, 4) is 0 Å². The van der Waals surface area contributed by atoms with Crippen LogP contribution in [0.15, 0.2) is 23.6 Å². The zero-order valence-electron chi connectivity index (χ0n) is 19.2. The number of Topliss-reactive ketones (excluding diaryl/α,β-unsaturated/α-hetero) is 1. The van der Waals surface area contributed by atoms with E-state index in [0.29, 0.717) is 24.8 Å². The first-order valence-electron chi connectivity index (χ1n) is 11.6. The van der Waals surface area contributed by atoms with Crippen LogP contribution in [-0.2, 0) is 19.1 Å². The summed E-state index contributed by atoms with van der Waals surface area (Å²) in [5.41, 5.74) is -2.69. The number of aliphatic hydroxyl groups is 2. The fourth-order valence-electron chi connectivity index (χ4n) is 7.96. The summed E-state index contributed by atoms with van der Waals surface area (Å²) in [4.78, 5) is 37.5. The van der Waals surface area contributed by atoms with Crippen LogP contribution in [0.3, 0.4) is 0 Å². The van der Waals surface area contributed by atoms with Crippen molar-refractivity contribution < 1.29 is 33.7 Å². The van der Waals surface area contributed by atoms with Crippen molar-refractivity contribution in [2.24, 2.45) is 34.5 Å². The van der Waals surface area contributed by atoms with Crippen molar-refractivity contribution >= 4 is 17.5 Å². The van der Waals surface area contributed by atoms with Crippen LogP contribution in [0.1, 0.15) is 59.8 Å². The van der Waals surface area contributed by atoms with Gasteiger partial charge in [-0.25, -0.2) is 4.39 Å². The highest BCUT2D eigenvalue weighted by Crippen LogP contribution is 2.69. The largest absolute Gasteiger partial charge is 0.450 e. The Morgan fingerprint density at radius 2 is 2.00 bits per heavy atom. The van der Waals surface area contributed by atoms with Gasteiger partial charge in [-0.15, -0.1) is 0 Å². The van der Waals surface area contributed by atoms with Crippen molar-refractivity contribution in [2.45, 2.75) is 71.5 Å². The number of ether oxygens (including phenoxy) is 1. The first-order valence-corrected chi connectivity index (χ1v) is 11.6. The average Bonchev–Trinajstić information content (AvgIpc) is 2.97. The van der Waals surface area contributed by atoms with Gasteiger partial charge in [-0.05, 0) is 49.2 Å². The zero-order chi connectivity index (χ0) is 23.6. The van der Waals surface area contributed by atoms with Gasteiger partial charge in [0.15, 0.2) is 11.4 Å². The molecule has 6 nitrogen and oxygen atoms in total. The Balaban J connectivity index is 1.81. The van der Waals surface area contributed by atoms with Crippen LogP contribution in [0.2, 0.25) is 0 Å². The molecule has 0 aromatic heterocycles. The maximum Gasteiger partial charge on any atom is 0.306 e. The molecule has 8 atom stereocenters. The molecular formula is C25H33FO6. The molecule has 4 rings (SSSR count). The van der Waals surface area contributed by atoms with Crippen molar-refractivity contribution in [2.75, 3.05) is 6.61 Å². The van der Waals surface area contributed by atoms with Crippen LogP contribution in [0.4, 0.5) is 4.39 Å². The SMILES string of the molecule is CCC(=O)O[C@]1(C(=O)CO)[C@@H](C)C[C@H]2[C@@H]3CCC4=C(F)C(=O)C=C[C@]4(C)[C@H]3[C@@H](O)C[C@@]21C. The molecule has 0 saturated heterocycles. The predicted octanol–water partition coefficient (Wildman–Crippen LogP) is 3.06. The van der Waals surface area contributed by atoms with Gasteiger partial charge in [0.05, 0.1) is 6.10 Å². The molecule has 3 saturated carbocycles. The predicted molar refractivity (Wildman–Crippen MR) is 114 cm³/mol. The second kappa shape index (κ2) is 7.59. The van der Waals surface area contributed by atoms with E-state index in [4.69, 9.17) is 4.74 Å². The molecule has 0 unspecified atom stereocenters. The molecule has 32 heavy (non-hydrogen) atoms. The van der Waals surface area contributed by atoms with E-state index in [2.05, 4.69) is 0 Å². The third kappa shape index (κ3) is 2.79. The number of hydrogen-bond donors (Lipinski definition) is 2. The number of esters is 1. The quantitative estimate of drug-likeness (QED) is 0.641. The average molecular weight is 449 g/mol. The van der Waals surface area contributed by atoms with Crippen molar-refractivity contribution in [3.63, 3.8) is 0 Å². The normalized spacial score (nSPS) is 45.2. The first-order chi connectivity index (χ1) is 15.0. The summed E-state index contributed by atoms with van der Waals surface area (Å²) in [6.07, 6.45) is 4.00. The van der Waals surface area contributed by atoms with Gasteiger partial charge in [0, 0.05) is 29.1 Å². The molecule has 176 valence electrons. The molecule has 3 fully saturated rings. The van der Waals surface area contributed by atoms with Crippen molar-refractivity contribution in [1.29, 1.82) is 0 Å². The highest BCUT2D eigenvalue weighted by atomic mass is 19.1. The van der Waals surface area contributed by atoms with E-state index in [1.54, 1.807) is 13.0 Å². The molecule has 0 heterocycles. The summed E-state index contributed by atoms with van der Waals surface area (Å²) in [7, 11) is 0. The van der Waals surface area contributed by atoms with Crippen LogP contribution in [0.5, 0.6) is 0 Å². The van der Waals surface area contributed by atoms with Gasteiger partial charge in [0.2, 0.25) is 11.6 Å². The van der Waals surface area contributed by atoms with E-state index < -0.39 is 52.5 Å². The summed E-state index contributed by atoms with van der Waals surface area (Å²) in [6.45, 7) is 6.57. The van der Waals surface area contributed by atoms with Crippen LogP contribution in [0.25, 0.3) is 0 Å². The van der Waals surface area contributed by atoms with Gasteiger partial charge < -0.3 is 14.9 Å². The number of carbonyl (C=O) groups excluding carboxylic acids is 3. The molecule has 7 heteroatoms. The highest BCUT2D eigenvalue weighted by Gasteiger charge is 2.72. The molecule has 0 bridgehead atoms. The Morgan fingerprint density at radius 1 is 1.31 bits per heavy atom. The topological polar surface area (TPSA) is 101 Å². The second-order valence-corrected chi connectivity index (χ2v) is 10.6. The van der Waals surface area contributed by atoms with Gasteiger partial charge in [-0.1, -0.05) is 33.8 Å². The maximum atomic E-state index is 14.8. The van der Waals surface area contributed by atoms with Crippen LogP contribution in [0, 0.1) is 34.5 Å². The van der Waals surface area contributed by atoms with Gasteiger partial charge >= 0.3 is 5.97 Å². The molecule has 0 radical (unpaired) electrons. The molecule has 0 spiro atoms. The minimum Gasteiger partial charge on any atom is -0.450 e. The summed E-state index contributed by atoms with van der Waals surface area (Å²) in [5.74, 6) is -3.11. The Labute approximate surface area is 187 Å². The molecule has 4 aliphatic rings.